The Kier molecular flexibility index (Phi) is 11.9. The van der Waals surface area contributed by atoms with Gasteiger partial charge in [-0.2, -0.15) is 0 Å². The van der Waals surface area contributed by atoms with Gasteiger partial charge < -0.3 is 20.1 Å². The van der Waals surface area contributed by atoms with Crippen LogP contribution >= 0.6 is 24.0 Å². The number of nitrogens with one attached hydrogen (secondary N) is 2. The number of hydrogen-bond donors (Lipinski definition) is 2. The highest BCUT2D eigenvalue weighted by atomic mass is 127. The van der Waals surface area contributed by atoms with Crippen LogP contribution in [0.1, 0.15) is 23.6 Å². The third kappa shape index (κ3) is 9.44. The van der Waals surface area contributed by atoms with Gasteiger partial charge in [0, 0.05) is 38.6 Å². The number of ether oxygens (including phenoxy) is 2. The molecule has 31 heavy (non-hydrogen) atoms. The van der Waals surface area contributed by atoms with Crippen molar-refractivity contribution < 1.29 is 17.9 Å². The van der Waals surface area contributed by atoms with Crippen LogP contribution in [0.3, 0.4) is 0 Å². The van der Waals surface area contributed by atoms with E-state index in [0.717, 1.165) is 22.4 Å². The van der Waals surface area contributed by atoms with E-state index in [1.54, 1.807) is 31.3 Å². The van der Waals surface area contributed by atoms with Crippen molar-refractivity contribution in [2.75, 3.05) is 33.1 Å². The second-order valence-corrected chi connectivity index (χ2v) is 8.87. The summed E-state index contributed by atoms with van der Waals surface area (Å²) in [6, 6.07) is 12.9. The number of nitrogens with zero attached hydrogens (tertiary/aromatic N) is 1. The molecule has 0 unspecified atom stereocenters. The normalized spacial score (nSPS) is 11.5. The van der Waals surface area contributed by atoms with Crippen molar-refractivity contribution in [3.63, 3.8) is 0 Å². The quantitative estimate of drug-likeness (QED) is 0.200. The Morgan fingerprint density at radius 3 is 2.32 bits per heavy atom. The van der Waals surface area contributed by atoms with Crippen molar-refractivity contribution in [1.29, 1.82) is 0 Å². The van der Waals surface area contributed by atoms with Crippen molar-refractivity contribution in [3.8, 4) is 5.75 Å². The van der Waals surface area contributed by atoms with Gasteiger partial charge in [0.2, 0.25) is 0 Å². The Balaban J connectivity index is 0.00000480. The molecule has 0 aliphatic carbocycles. The Bertz CT molecular complexity index is 948. The van der Waals surface area contributed by atoms with Gasteiger partial charge in [-0.05, 0) is 43.2 Å². The van der Waals surface area contributed by atoms with Crippen molar-refractivity contribution >= 4 is 39.8 Å². The van der Waals surface area contributed by atoms with Crippen LogP contribution < -0.4 is 15.4 Å². The van der Waals surface area contributed by atoms with Crippen molar-refractivity contribution in [3.05, 3.63) is 59.2 Å². The SMILES string of the molecule is CCOCCOc1cc(C)ccc1CNC(=NC)NCc1ccc(S(C)(=O)=O)cc1.I. The Labute approximate surface area is 202 Å². The first kappa shape index (κ1) is 27.2. The molecule has 2 N–H and O–H groups in total. The number of aryl methyl sites for hydroxylation is 1. The zero-order valence-corrected chi connectivity index (χ0v) is 21.6. The highest BCUT2D eigenvalue weighted by molar-refractivity contribution is 14.0. The molecule has 0 aliphatic rings. The first-order valence-corrected chi connectivity index (χ1v) is 11.8. The molecule has 2 rings (SSSR count). The van der Waals surface area contributed by atoms with Gasteiger partial charge in [0.1, 0.15) is 12.4 Å². The van der Waals surface area contributed by atoms with Gasteiger partial charge in [-0.15, -0.1) is 24.0 Å². The minimum atomic E-state index is -3.19. The van der Waals surface area contributed by atoms with E-state index in [4.69, 9.17) is 9.47 Å². The average molecular weight is 561 g/mol. The fraction of sp³-hybridized carbons (Fsp3) is 0.409. The van der Waals surface area contributed by atoms with Gasteiger partial charge in [-0.1, -0.05) is 24.3 Å². The summed E-state index contributed by atoms with van der Waals surface area (Å²) < 4.78 is 34.3. The van der Waals surface area contributed by atoms with Gasteiger partial charge in [0.25, 0.3) is 0 Å². The van der Waals surface area contributed by atoms with E-state index in [1.807, 2.05) is 32.0 Å². The van der Waals surface area contributed by atoms with Crippen LogP contribution in [0, 0.1) is 6.92 Å². The summed E-state index contributed by atoms with van der Waals surface area (Å²) in [6.45, 7) is 6.79. The number of benzene rings is 2. The standard InChI is InChI=1S/C22H31N3O4S.HI/c1-5-28-12-13-29-21-14-17(2)6-9-19(21)16-25-22(23-3)24-15-18-7-10-20(11-8-18)30(4,26)27;/h6-11,14H,5,12-13,15-16H2,1-4H3,(H2,23,24,25);1H. The number of halogens is 1. The number of aliphatic imine (C=N–C) groups is 1. The smallest absolute Gasteiger partial charge is 0.191 e. The molecule has 172 valence electrons. The number of guanidine groups is 1. The van der Waals surface area contributed by atoms with Crippen molar-refractivity contribution in [1.82, 2.24) is 10.6 Å². The van der Waals surface area contributed by atoms with Crippen LogP contribution in [0.4, 0.5) is 0 Å². The van der Waals surface area contributed by atoms with Gasteiger partial charge in [0.05, 0.1) is 11.5 Å². The molecule has 0 aliphatic heterocycles. The molecule has 9 heteroatoms. The summed E-state index contributed by atoms with van der Waals surface area (Å²) in [5, 5.41) is 6.52. The van der Waals surface area contributed by atoms with E-state index in [0.29, 0.717) is 43.8 Å². The van der Waals surface area contributed by atoms with Crippen LogP contribution in [-0.4, -0.2) is 47.5 Å². The second kappa shape index (κ2) is 13.5. The molecule has 0 aromatic heterocycles. The largest absolute Gasteiger partial charge is 0.491 e. The lowest BCUT2D eigenvalue weighted by Gasteiger charge is -2.15. The van der Waals surface area contributed by atoms with Gasteiger partial charge in [-0.25, -0.2) is 8.42 Å². The molecule has 7 nitrogen and oxygen atoms in total. The first-order chi connectivity index (χ1) is 14.3. The fourth-order valence-electron chi connectivity index (χ4n) is 2.74. The summed E-state index contributed by atoms with van der Waals surface area (Å²) in [4.78, 5) is 4.56. The molecule has 0 fully saturated rings. The van der Waals surface area contributed by atoms with Crippen LogP contribution in [0.15, 0.2) is 52.4 Å². The fourth-order valence-corrected chi connectivity index (χ4v) is 3.37. The van der Waals surface area contributed by atoms with Crippen LogP contribution in [0.2, 0.25) is 0 Å². The van der Waals surface area contributed by atoms with Crippen LogP contribution in [0.25, 0.3) is 0 Å². The number of rotatable bonds is 10. The van der Waals surface area contributed by atoms with E-state index in [1.165, 1.54) is 6.26 Å². The molecule has 0 spiro atoms. The Morgan fingerprint density at radius 1 is 1.03 bits per heavy atom. The maximum atomic E-state index is 11.6. The summed E-state index contributed by atoms with van der Waals surface area (Å²) in [6.07, 6.45) is 1.20. The highest BCUT2D eigenvalue weighted by Crippen LogP contribution is 2.20. The lowest BCUT2D eigenvalue weighted by molar-refractivity contribution is 0.110. The zero-order chi connectivity index (χ0) is 22.0. The summed E-state index contributed by atoms with van der Waals surface area (Å²) >= 11 is 0. The van der Waals surface area contributed by atoms with E-state index in [2.05, 4.69) is 15.6 Å². The minimum absolute atomic E-state index is 0. The van der Waals surface area contributed by atoms with E-state index in [-0.39, 0.29) is 24.0 Å². The predicted octanol–water partition coefficient (Wildman–Crippen LogP) is 3.30. The molecule has 0 bridgehead atoms. The minimum Gasteiger partial charge on any atom is -0.491 e. The summed E-state index contributed by atoms with van der Waals surface area (Å²) in [5.74, 6) is 1.47. The molecule has 0 saturated carbocycles. The second-order valence-electron chi connectivity index (χ2n) is 6.85. The third-order valence-electron chi connectivity index (χ3n) is 4.39. The highest BCUT2D eigenvalue weighted by Gasteiger charge is 2.08. The zero-order valence-electron chi connectivity index (χ0n) is 18.5. The molecule has 2 aromatic rings. The molecule has 0 radical (unpaired) electrons. The first-order valence-electron chi connectivity index (χ1n) is 9.87. The number of hydrogen-bond acceptors (Lipinski definition) is 5. The molecule has 0 heterocycles. The maximum Gasteiger partial charge on any atom is 0.191 e. The number of sulfone groups is 1. The molecular formula is C22H32IN3O4S. The van der Waals surface area contributed by atoms with E-state index < -0.39 is 9.84 Å². The lowest BCUT2D eigenvalue weighted by Crippen LogP contribution is -2.36. The monoisotopic (exact) mass is 561 g/mol. The van der Waals surface area contributed by atoms with E-state index in [9.17, 15) is 8.42 Å². The van der Waals surface area contributed by atoms with Crippen molar-refractivity contribution in [2.24, 2.45) is 4.99 Å². The average Bonchev–Trinajstić information content (AvgIpc) is 2.72. The topological polar surface area (TPSA) is 89.0 Å². The van der Waals surface area contributed by atoms with Crippen LogP contribution in [0.5, 0.6) is 5.75 Å². The summed E-state index contributed by atoms with van der Waals surface area (Å²) in [7, 11) is -1.48. The Hall–Kier alpha value is -1.85. The predicted molar refractivity (Wildman–Crippen MR) is 135 cm³/mol. The van der Waals surface area contributed by atoms with Crippen molar-refractivity contribution in [2.45, 2.75) is 31.8 Å². The molecule has 0 atom stereocenters. The third-order valence-corrected chi connectivity index (χ3v) is 5.52. The van der Waals surface area contributed by atoms with Gasteiger partial charge in [-0.3, -0.25) is 4.99 Å². The molecule has 2 aromatic carbocycles. The Morgan fingerprint density at radius 2 is 1.71 bits per heavy atom. The summed E-state index contributed by atoms with van der Waals surface area (Å²) in [5.41, 5.74) is 3.11. The molecular weight excluding hydrogens is 529 g/mol. The van der Waals surface area contributed by atoms with Gasteiger partial charge in [0.15, 0.2) is 15.8 Å². The molecule has 0 saturated heterocycles. The maximum absolute atomic E-state index is 11.6. The van der Waals surface area contributed by atoms with Crippen LogP contribution in [-0.2, 0) is 27.7 Å². The lowest BCUT2D eigenvalue weighted by atomic mass is 10.1. The van der Waals surface area contributed by atoms with E-state index >= 15 is 0 Å². The van der Waals surface area contributed by atoms with Gasteiger partial charge >= 0.3 is 0 Å². The molecule has 0 amide bonds.